The molecule has 0 N–H and O–H groups in total. The number of thiazole rings is 1. The van der Waals surface area contributed by atoms with Gasteiger partial charge in [-0.25, -0.2) is 13.4 Å². The van der Waals surface area contributed by atoms with Crippen LogP contribution in [0, 0.1) is 5.92 Å². The quantitative estimate of drug-likeness (QED) is 0.772. The number of sulfonamides is 1. The van der Waals surface area contributed by atoms with Crippen LogP contribution in [0.4, 0.5) is 5.13 Å². The van der Waals surface area contributed by atoms with Crippen molar-refractivity contribution in [2.24, 2.45) is 5.92 Å². The molecule has 9 heteroatoms. The highest BCUT2D eigenvalue weighted by atomic mass is 32.2. The minimum atomic E-state index is -3.18. The number of hydrogen-bond donors (Lipinski definition) is 0. The number of aromatic nitrogens is 1. The molecule has 1 aromatic carbocycles. The van der Waals surface area contributed by atoms with Crippen molar-refractivity contribution in [1.82, 2.24) is 14.2 Å². The van der Waals surface area contributed by atoms with E-state index in [1.54, 1.807) is 11.3 Å². The number of amides is 1. The smallest absolute Gasteiger partial charge is 0.227 e. The summed E-state index contributed by atoms with van der Waals surface area (Å²) in [7, 11) is -3.18. The Morgan fingerprint density at radius 3 is 2.59 bits per heavy atom. The average Bonchev–Trinajstić information content (AvgIpc) is 3.11. The summed E-state index contributed by atoms with van der Waals surface area (Å²) in [4.78, 5) is 21.8. The van der Waals surface area contributed by atoms with Gasteiger partial charge in [0.1, 0.15) is 0 Å². The third-order valence-corrected chi connectivity index (χ3v) is 7.74. The molecule has 1 aromatic heterocycles. The van der Waals surface area contributed by atoms with Gasteiger partial charge in [0.2, 0.25) is 15.9 Å². The van der Waals surface area contributed by atoms with Gasteiger partial charge in [-0.1, -0.05) is 23.5 Å². The predicted molar refractivity (Wildman–Crippen MR) is 108 cm³/mol. The summed E-state index contributed by atoms with van der Waals surface area (Å²) in [5.74, 6) is 0.101. The van der Waals surface area contributed by atoms with E-state index >= 15 is 0 Å². The minimum Gasteiger partial charge on any atom is -0.347 e. The first-order valence-corrected chi connectivity index (χ1v) is 11.9. The van der Waals surface area contributed by atoms with Crippen LogP contribution >= 0.6 is 11.3 Å². The summed E-state index contributed by atoms with van der Waals surface area (Å²) in [6.45, 7) is 3.33. The summed E-state index contributed by atoms with van der Waals surface area (Å²) in [6, 6.07) is 8.10. The van der Waals surface area contributed by atoms with E-state index in [1.165, 1.54) is 10.6 Å². The highest BCUT2D eigenvalue weighted by Gasteiger charge is 2.33. The summed E-state index contributed by atoms with van der Waals surface area (Å²) in [5.41, 5.74) is 1.00. The van der Waals surface area contributed by atoms with Gasteiger partial charge in [0, 0.05) is 39.3 Å². The van der Waals surface area contributed by atoms with Crippen LogP contribution in [0.3, 0.4) is 0 Å². The maximum atomic E-state index is 13.0. The fourth-order valence-electron chi connectivity index (χ4n) is 3.85. The Morgan fingerprint density at radius 2 is 1.89 bits per heavy atom. The monoisotopic (exact) mass is 408 g/mol. The van der Waals surface area contributed by atoms with Crippen LogP contribution < -0.4 is 4.90 Å². The zero-order valence-electron chi connectivity index (χ0n) is 15.4. The van der Waals surface area contributed by atoms with Crippen LogP contribution in [0.1, 0.15) is 12.8 Å². The molecule has 3 heterocycles. The SMILES string of the molecule is CS(=O)(=O)N1CCN(C(=O)C2CCCN(c3nc4ccccc4s3)C2)CC1. The van der Waals surface area contributed by atoms with Gasteiger partial charge in [-0.3, -0.25) is 4.79 Å². The number of rotatable bonds is 3. The van der Waals surface area contributed by atoms with E-state index in [0.717, 1.165) is 34.7 Å². The summed E-state index contributed by atoms with van der Waals surface area (Å²) in [6.07, 6.45) is 3.07. The van der Waals surface area contributed by atoms with E-state index in [2.05, 4.69) is 11.0 Å². The minimum absolute atomic E-state index is 0.0458. The van der Waals surface area contributed by atoms with Crippen molar-refractivity contribution in [1.29, 1.82) is 0 Å². The molecule has 0 saturated carbocycles. The van der Waals surface area contributed by atoms with Crippen LogP contribution in [0.15, 0.2) is 24.3 Å². The molecule has 2 saturated heterocycles. The molecule has 1 atom stereocenters. The lowest BCUT2D eigenvalue weighted by Crippen LogP contribution is -2.53. The zero-order chi connectivity index (χ0) is 19.0. The van der Waals surface area contributed by atoms with Crippen molar-refractivity contribution in [3.05, 3.63) is 24.3 Å². The molecule has 4 rings (SSSR count). The lowest BCUT2D eigenvalue weighted by atomic mass is 9.96. The van der Waals surface area contributed by atoms with Crippen molar-refractivity contribution in [2.45, 2.75) is 12.8 Å². The number of piperidine rings is 1. The van der Waals surface area contributed by atoms with Crippen LogP contribution in [0.5, 0.6) is 0 Å². The molecule has 2 aliphatic rings. The number of carbonyl (C=O) groups is 1. The molecule has 1 unspecified atom stereocenters. The molecule has 7 nitrogen and oxygen atoms in total. The van der Waals surface area contributed by atoms with Crippen LogP contribution in [0.25, 0.3) is 10.2 Å². The number of hydrogen-bond acceptors (Lipinski definition) is 6. The lowest BCUT2D eigenvalue weighted by Gasteiger charge is -2.38. The van der Waals surface area contributed by atoms with Crippen molar-refractivity contribution >= 4 is 42.6 Å². The topological polar surface area (TPSA) is 73.8 Å². The van der Waals surface area contributed by atoms with Gasteiger partial charge in [-0.15, -0.1) is 0 Å². The Hall–Kier alpha value is -1.71. The van der Waals surface area contributed by atoms with E-state index in [1.807, 2.05) is 23.1 Å². The fourth-order valence-corrected chi connectivity index (χ4v) is 5.67. The molecule has 0 radical (unpaired) electrons. The van der Waals surface area contributed by atoms with Gasteiger partial charge in [-0.2, -0.15) is 4.31 Å². The van der Waals surface area contributed by atoms with E-state index in [9.17, 15) is 13.2 Å². The van der Waals surface area contributed by atoms with Crippen LogP contribution in [0.2, 0.25) is 0 Å². The highest BCUT2D eigenvalue weighted by molar-refractivity contribution is 7.88. The average molecular weight is 409 g/mol. The predicted octanol–water partition coefficient (Wildman–Crippen LogP) is 1.62. The number of carbonyl (C=O) groups excluding carboxylic acids is 1. The summed E-state index contributed by atoms with van der Waals surface area (Å²) in [5, 5.41) is 0.982. The number of piperazine rings is 1. The van der Waals surface area contributed by atoms with E-state index < -0.39 is 10.0 Å². The van der Waals surface area contributed by atoms with Crippen molar-refractivity contribution < 1.29 is 13.2 Å². The Kier molecular flexibility index (Phi) is 5.09. The van der Waals surface area contributed by atoms with Gasteiger partial charge < -0.3 is 9.80 Å². The van der Waals surface area contributed by atoms with E-state index in [-0.39, 0.29) is 11.8 Å². The molecule has 2 fully saturated rings. The number of para-hydroxylation sites is 1. The molecular weight excluding hydrogens is 384 g/mol. The fraction of sp³-hybridized carbons (Fsp3) is 0.556. The standard InChI is InChI=1S/C18H24N4O3S2/c1-27(24,25)22-11-9-20(10-12-22)17(23)14-5-4-8-21(13-14)18-19-15-6-2-3-7-16(15)26-18/h2-3,6-7,14H,4-5,8-13H2,1H3. The Balaban J connectivity index is 1.41. The van der Waals surface area contributed by atoms with Crippen LogP contribution in [-0.2, 0) is 14.8 Å². The normalized spacial score (nSPS) is 22.3. The van der Waals surface area contributed by atoms with Gasteiger partial charge in [0.25, 0.3) is 0 Å². The Bertz CT molecular complexity index is 902. The number of anilines is 1. The first kappa shape index (κ1) is 18.6. The van der Waals surface area contributed by atoms with E-state index in [0.29, 0.717) is 32.7 Å². The molecule has 146 valence electrons. The number of fused-ring (bicyclic) bond motifs is 1. The summed E-state index contributed by atoms with van der Waals surface area (Å²) >= 11 is 1.67. The number of nitrogens with zero attached hydrogens (tertiary/aromatic N) is 4. The Labute approximate surface area is 163 Å². The van der Waals surface area contributed by atoms with Crippen molar-refractivity contribution in [2.75, 3.05) is 50.4 Å². The van der Waals surface area contributed by atoms with Crippen LogP contribution in [-0.4, -0.2) is 74.0 Å². The van der Waals surface area contributed by atoms with Gasteiger partial charge in [0.15, 0.2) is 5.13 Å². The third kappa shape index (κ3) is 3.95. The highest BCUT2D eigenvalue weighted by Crippen LogP contribution is 2.32. The molecular formula is C18H24N4O3S2. The molecule has 2 aromatic rings. The van der Waals surface area contributed by atoms with Gasteiger partial charge >= 0.3 is 0 Å². The second-order valence-electron chi connectivity index (χ2n) is 7.24. The molecule has 0 aliphatic carbocycles. The maximum Gasteiger partial charge on any atom is 0.227 e. The second-order valence-corrected chi connectivity index (χ2v) is 10.2. The number of benzene rings is 1. The van der Waals surface area contributed by atoms with Crippen molar-refractivity contribution in [3.63, 3.8) is 0 Å². The summed E-state index contributed by atoms with van der Waals surface area (Å²) < 4.78 is 25.9. The van der Waals surface area contributed by atoms with Gasteiger partial charge in [0.05, 0.1) is 22.4 Å². The Morgan fingerprint density at radius 1 is 1.15 bits per heavy atom. The maximum absolute atomic E-state index is 13.0. The lowest BCUT2D eigenvalue weighted by molar-refractivity contribution is -0.137. The third-order valence-electron chi connectivity index (χ3n) is 5.34. The molecule has 27 heavy (non-hydrogen) atoms. The van der Waals surface area contributed by atoms with Crippen molar-refractivity contribution in [3.8, 4) is 0 Å². The largest absolute Gasteiger partial charge is 0.347 e. The second kappa shape index (κ2) is 7.37. The van der Waals surface area contributed by atoms with E-state index in [4.69, 9.17) is 4.98 Å². The first-order valence-electron chi connectivity index (χ1n) is 9.26. The zero-order valence-corrected chi connectivity index (χ0v) is 17.0. The molecule has 0 spiro atoms. The first-order chi connectivity index (χ1) is 12.9. The molecule has 2 aliphatic heterocycles. The molecule has 0 bridgehead atoms. The molecule has 1 amide bonds. The van der Waals surface area contributed by atoms with Gasteiger partial charge in [-0.05, 0) is 25.0 Å².